The highest BCUT2D eigenvalue weighted by atomic mass is 19.1. The smallest absolute Gasteiger partial charge is 0.311 e. The molecule has 2 aromatic rings. The molecule has 0 atom stereocenters. The fourth-order valence-electron chi connectivity index (χ4n) is 1.69. The van der Waals surface area contributed by atoms with E-state index in [1.54, 1.807) is 25.2 Å². The Kier molecular flexibility index (Phi) is 4.09. The van der Waals surface area contributed by atoms with Crippen LogP contribution in [-0.2, 0) is 6.54 Å². The molecule has 2 rings (SSSR count). The van der Waals surface area contributed by atoms with Crippen LogP contribution >= 0.6 is 0 Å². The van der Waals surface area contributed by atoms with Gasteiger partial charge < -0.3 is 10.6 Å². The molecule has 104 valence electrons. The van der Waals surface area contributed by atoms with Crippen LogP contribution in [0.15, 0.2) is 36.4 Å². The molecule has 0 saturated heterocycles. The summed E-state index contributed by atoms with van der Waals surface area (Å²) in [7, 11) is 1.66. The van der Waals surface area contributed by atoms with E-state index in [1.807, 2.05) is 0 Å². The second-order valence-electron chi connectivity index (χ2n) is 4.02. The first-order valence-electron chi connectivity index (χ1n) is 5.92. The summed E-state index contributed by atoms with van der Waals surface area (Å²) in [6.45, 7) is 0.119. The van der Waals surface area contributed by atoms with Gasteiger partial charge in [0, 0.05) is 25.2 Å². The number of aromatic nitrogens is 1. The topological polar surface area (TPSA) is 80.1 Å². The third-order valence-corrected chi connectivity index (χ3v) is 2.73. The van der Waals surface area contributed by atoms with Gasteiger partial charge in [-0.05, 0) is 12.1 Å². The molecule has 2 N–H and O–H groups in total. The Morgan fingerprint density at radius 2 is 2.05 bits per heavy atom. The maximum absolute atomic E-state index is 13.5. The number of halogens is 1. The lowest BCUT2D eigenvalue weighted by atomic mass is 10.2. The van der Waals surface area contributed by atoms with E-state index in [0.29, 0.717) is 11.4 Å². The summed E-state index contributed by atoms with van der Waals surface area (Å²) in [6.07, 6.45) is 0. The fraction of sp³-hybridized carbons (Fsp3) is 0.154. The first-order valence-corrected chi connectivity index (χ1v) is 5.92. The Bertz CT molecular complexity index is 634. The molecule has 6 nitrogen and oxygen atoms in total. The molecule has 0 saturated carbocycles. The van der Waals surface area contributed by atoms with Gasteiger partial charge in [0.25, 0.3) is 0 Å². The van der Waals surface area contributed by atoms with Crippen molar-refractivity contribution in [3.63, 3.8) is 0 Å². The summed E-state index contributed by atoms with van der Waals surface area (Å²) in [4.78, 5) is 14.5. The van der Waals surface area contributed by atoms with Gasteiger partial charge in [0.2, 0.25) is 5.82 Å². The van der Waals surface area contributed by atoms with Crippen LogP contribution in [0.25, 0.3) is 0 Å². The molecule has 0 aliphatic rings. The van der Waals surface area contributed by atoms with Gasteiger partial charge in [0.1, 0.15) is 11.6 Å². The number of anilines is 2. The van der Waals surface area contributed by atoms with Crippen molar-refractivity contribution in [3.05, 3.63) is 57.9 Å². The molecule has 0 aliphatic heterocycles. The molecule has 7 heteroatoms. The molecular weight excluding hydrogens is 263 g/mol. The Hall–Kier alpha value is -2.70. The largest absolute Gasteiger partial charge is 0.373 e. The van der Waals surface area contributed by atoms with Gasteiger partial charge in [-0.1, -0.05) is 18.2 Å². The van der Waals surface area contributed by atoms with Crippen LogP contribution in [0.3, 0.4) is 0 Å². The van der Waals surface area contributed by atoms with Crippen molar-refractivity contribution in [1.82, 2.24) is 4.98 Å². The van der Waals surface area contributed by atoms with Crippen LogP contribution in [-0.4, -0.2) is 17.0 Å². The van der Waals surface area contributed by atoms with Gasteiger partial charge in [0.15, 0.2) is 0 Å². The van der Waals surface area contributed by atoms with Crippen LogP contribution in [0.1, 0.15) is 5.56 Å². The van der Waals surface area contributed by atoms with E-state index in [4.69, 9.17) is 0 Å². The number of pyridine rings is 1. The highest BCUT2D eigenvalue weighted by molar-refractivity contribution is 5.60. The predicted molar refractivity (Wildman–Crippen MR) is 74.2 cm³/mol. The second kappa shape index (κ2) is 5.96. The average Bonchev–Trinajstić information content (AvgIpc) is 2.46. The van der Waals surface area contributed by atoms with E-state index >= 15 is 0 Å². The van der Waals surface area contributed by atoms with E-state index in [9.17, 15) is 14.5 Å². The van der Waals surface area contributed by atoms with Crippen molar-refractivity contribution in [3.8, 4) is 0 Å². The Balaban J connectivity index is 2.24. The number of hydrogen-bond donors (Lipinski definition) is 2. The number of nitro groups is 1. The predicted octanol–water partition coefficient (Wildman–Crippen LogP) is 2.78. The van der Waals surface area contributed by atoms with E-state index < -0.39 is 4.92 Å². The highest BCUT2D eigenvalue weighted by Crippen LogP contribution is 2.24. The van der Waals surface area contributed by atoms with Gasteiger partial charge in [-0.3, -0.25) is 10.1 Å². The summed E-state index contributed by atoms with van der Waals surface area (Å²) < 4.78 is 13.5. The summed E-state index contributed by atoms with van der Waals surface area (Å²) in [5.41, 5.74) is 0.263. The molecule has 0 amide bonds. The van der Waals surface area contributed by atoms with Gasteiger partial charge in [-0.2, -0.15) is 0 Å². The normalized spacial score (nSPS) is 10.1. The second-order valence-corrected chi connectivity index (χ2v) is 4.02. The minimum atomic E-state index is -0.532. The van der Waals surface area contributed by atoms with Crippen LogP contribution in [0.5, 0.6) is 0 Å². The Morgan fingerprint density at radius 3 is 2.70 bits per heavy atom. The molecule has 1 aromatic heterocycles. The number of nitrogens with one attached hydrogen (secondary N) is 2. The number of nitrogens with zero attached hydrogens (tertiary/aromatic N) is 2. The zero-order valence-electron chi connectivity index (χ0n) is 10.8. The van der Waals surface area contributed by atoms with Crippen molar-refractivity contribution < 1.29 is 9.31 Å². The quantitative estimate of drug-likeness (QED) is 0.648. The van der Waals surface area contributed by atoms with Crippen LogP contribution in [0, 0.1) is 15.9 Å². The van der Waals surface area contributed by atoms with Gasteiger partial charge >= 0.3 is 5.69 Å². The van der Waals surface area contributed by atoms with Crippen molar-refractivity contribution in [1.29, 1.82) is 0 Å². The van der Waals surface area contributed by atoms with E-state index in [0.717, 1.165) is 0 Å². The minimum Gasteiger partial charge on any atom is -0.373 e. The van der Waals surface area contributed by atoms with Crippen molar-refractivity contribution >= 4 is 17.3 Å². The fourth-order valence-corrected chi connectivity index (χ4v) is 1.69. The zero-order chi connectivity index (χ0) is 14.5. The molecular formula is C13H13FN4O2. The van der Waals surface area contributed by atoms with E-state index in [2.05, 4.69) is 15.6 Å². The Labute approximate surface area is 114 Å². The molecule has 0 unspecified atom stereocenters. The molecule has 0 bridgehead atoms. The SMILES string of the molecule is CNc1ccc([N+](=O)[O-])c(NCc2ccccc2F)n1. The molecule has 0 fully saturated rings. The third kappa shape index (κ3) is 3.00. The minimum absolute atomic E-state index is 0.102. The number of benzene rings is 1. The first-order chi connectivity index (χ1) is 9.61. The van der Waals surface area contributed by atoms with Crippen LogP contribution in [0.2, 0.25) is 0 Å². The summed E-state index contributed by atoms with van der Waals surface area (Å²) >= 11 is 0. The van der Waals surface area contributed by atoms with Crippen LogP contribution < -0.4 is 10.6 Å². The molecule has 1 aromatic carbocycles. The van der Waals surface area contributed by atoms with Crippen molar-refractivity contribution in [2.24, 2.45) is 0 Å². The lowest BCUT2D eigenvalue weighted by Crippen LogP contribution is -2.07. The van der Waals surface area contributed by atoms with E-state index in [1.165, 1.54) is 18.2 Å². The van der Waals surface area contributed by atoms with Gasteiger partial charge in [-0.25, -0.2) is 9.37 Å². The van der Waals surface area contributed by atoms with Crippen molar-refractivity contribution in [2.75, 3.05) is 17.7 Å². The van der Waals surface area contributed by atoms with Gasteiger partial charge in [0.05, 0.1) is 4.92 Å². The molecule has 20 heavy (non-hydrogen) atoms. The lowest BCUT2D eigenvalue weighted by Gasteiger charge is -2.08. The molecule has 1 heterocycles. The number of rotatable bonds is 5. The van der Waals surface area contributed by atoms with Crippen molar-refractivity contribution in [2.45, 2.75) is 6.54 Å². The zero-order valence-corrected chi connectivity index (χ0v) is 10.8. The third-order valence-electron chi connectivity index (χ3n) is 2.73. The average molecular weight is 276 g/mol. The molecule has 0 aliphatic carbocycles. The summed E-state index contributed by atoms with van der Waals surface area (Å²) in [5, 5.41) is 16.5. The Morgan fingerprint density at radius 1 is 1.30 bits per heavy atom. The van der Waals surface area contributed by atoms with Gasteiger partial charge in [-0.15, -0.1) is 0 Å². The maximum atomic E-state index is 13.5. The summed E-state index contributed by atoms with van der Waals surface area (Å²) in [5.74, 6) is 0.226. The molecule has 0 spiro atoms. The number of hydrogen-bond acceptors (Lipinski definition) is 5. The lowest BCUT2D eigenvalue weighted by molar-refractivity contribution is -0.384. The maximum Gasteiger partial charge on any atom is 0.311 e. The highest BCUT2D eigenvalue weighted by Gasteiger charge is 2.16. The van der Waals surface area contributed by atoms with E-state index in [-0.39, 0.29) is 23.9 Å². The standard InChI is InChI=1S/C13H13FN4O2/c1-15-12-7-6-11(18(19)20)13(17-12)16-8-9-4-2-3-5-10(9)14/h2-7H,8H2,1H3,(H2,15,16,17). The monoisotopic (exact) mass is 276 g/mol. The summed E-state index contributed by atoms with van der Waals surface area (Å²) in [6, 6.07) is 9.08. The van der Waals surface area contributed by atoms with Crippen LogP contribution in [0.4, 0.5) is 21.7 Å². The first kappa shape index (κ1) is 13.7. The molecule has 0 radical (unpaired) electrons.